The summed E-state index contributed by atoms with van der Waals surface area (Å²) in [6.07, 6.45) is 0. The number of nitrogens with zero attached hydrogens (tertiary/aromatic N) is 3. The molecule has 8 heteroatoms. The summed E-state index contributed by atoms with van der Waals surface area (Å²) >= 11 is 5.71. The number of aromatic hydroxyl groups is 1. The molecule has 0 atom stereocenters. The lowest BCUT2D eigenvalue weighted by molar-refractivity contribution is 0.473. The van der Waals surface area contributed by atoms with Crippen LogP contribution in [0.25, 0.3) is 0 Å². The zero-order valence-electron chi connectivity index (χ0n) is 8.96. The molecule has 0 aliphatic carbocycles. The van der Waals surface area contributed by atoms with Gasteiger partial charge in [0.15, 0.2) is 5.82 Å². The second-order valence-electron chi connectivity index (χ2n) is 3.30. The first kappa shape index (κ1) is 12.1. The minimum Gasteiger partial charge on any atom is -0.502 e. The van der Waals surface area contributed by atoms with Crippen molar-refractivity contribution in [3.8, 4) is 5.75 Å². The van der Waals surface area contributed by atoms with E-state index < -0.39 is 11.4 Å². The van der Waals surface area contributed by atoms with E-state index >= 15 is 0 Å². The molecule has 0 fully saturated rings. The number of nitrogens with one attached hydrogen (secondary N) is 1. The minimum absolute atomic E-state index is 0.208. The van der Waals surface area contributed by atoms with Crippen molar-refractivity contribution in [2.45, 2.75) is 0 Å². The Balaban J connectivity index is 2.34. The molecule has 0 saturated carbocycles. The van der Waals surface area contributed by atoms with Crippen LogP contribution in [-0.4, -0.2) is 15.1 Å². The monoisotopic (exact) mass is 265 g/mol. The molecule has 92 valence electrons. The fraction of sp³-hybridized carbons (Fsp3) is 0. The SMILES string of the molecule is Nc1[nH]c(=O)nc(N=Nc2ccc(Cl)cc2)c1O. The van der Waals surface area contributed by atoms with Crippen molar-refractivity contribution in [3.05, 3.63) is 39.8 Å². The van der Waals surface area contributed by atoms with E-state index in [-0.39, 0.29) is 11.6 Å². The maximum Gasteiger partial charge on any atom is 0.348 e. The molecule has 0 radical (unpaired) electrons. The Morgan fingerprint density at radius 1 is 1.28 bits per heavy atom. The van der Waals surface area contributed by atoms with Crippen molar-refractivity contribution in [1.29, 1.82) is 0 Å². The Kier molecular flexibility index (Phi) is 3.24. The first-order chi connectivity index (χ1) is 8.56. The van der Waals surface area contributed by atoms with Gasteiger partial charge in [0.2, 0.25) is 11.6 Å². The highest BCUT2D eigenvalue weighted by molar-refractivity contribution is 6.30. The number of nitrogen functional groups attached to an aromatic ring is 1. The average molecular weight is 266 g/mol. The normalized spacial score (nSPS) is 10.9. The maximum absolute atomic E-state index is 11.0. The van der Waals surface area contributed by atoms with Crippen molar-refractivity contribution >= 4 is 28.9 Å². The largest absolute Gasteiger partial charge is 0.502 e. The van der Waals surface area contributed by atoms with E-state index in [4.69, 9.17) is 17.3 Å². The van der Waals surface area contributed by atoms with Crippen molar-refractivity contribution in [2.24, 2.45) is 10.2 Å². The zero-order valence-corrected chi connectivity index (χ0v) is 9.72. The number of aromatic nitrogens is 2. The van der Waals surface area contributed by atoms with Gasteiger partial charge in [0, 0.05) is 5.02 Å². The lowest BCUT2D eigenvalue weighted by atomic mass is 10.3. The Hall–Kier alpha value is -2.41. The molecule has 0 spiro atoms. The van der Waals surface area contributed by atoms with Crippen molar-refractivity contribution in [1.82, 2.24) is 9.97 Å². The molecule has 0 aliphatic heterocycles. The highest BCUT2D eigenvalue weighted by atomic mass is 35.5. The fourth-order valence-corrected chi connectivity index (χ4v) is 1.28. The molecular weight excluding hydrogens is 258 g/mol. The van der Waals surface area contributed by atoms with Gasteiger partial charge in [-0.2, -0.15) is 4.98 Å². The first-order valence-electron chi connectivity index (χ1n) is 4.82. The molecule has 1 aromatic heterocycles. The second kappa shape index (κ2) is 4.84. The third-order valence-electron chi connectivity index (χ3n) is 2.00. The van der Waals surface area contributed by atoms with Crippen LogP contribution in [0.2, 0.25) is 5.02 Å². The third kappa shape index (κ3) is 2.64. The van der Waals surface area contributed by atoms with Gasteiger partial charge in [0.25, 0.3) is 0 Å². The molecular formula is C10H8ClN5O2. The average Bonchev–Trinajstić information content (AvgIpc) is 2.34. The molecule has 1 aromatic carbocycles. The standard InChI is InChI=1S/C10H8ClN5O2/c11-5-1-3-6(4-2-5)15-16-9-7(17)8(12)13-10(18)14-9/h1-4,17H,(H3,12,13,14,18). The number of H-pyrrole nitrogens is 1. The van der Waals surface area contributed by atoms with Crippen LogP contribution in [0.1, 0.15) is 0 Å². The third-order valence-corrected chi connectivity index (χ3v) is 2.25. The number of aromatic amines is 1. The summed E-state index contributed by atoms with van der Waals surface area (Å²) in [4.78, 5) is 16.6. The van der Waals surface area contributed by atoms with Crippen molar-refractivity contribution in [2.75, 3.05) is 5.73 Å². The van der Waals surface area contributed by atoms with Gasteiger partial charge >= 0.3 is 5.69 Å². The summed E-state index contributed by atoms with van der Waals surface area (Å²) in [5.41, 5.74) is 5.13. The van der Waals surface area contributed by atoms with Gasteiger partial charge < -0.3 is 10.8 Å². The van der Waals surface area contributed by atoms with Crippen molar-refractivity contribution < 1.29 is 5.11 Å². The van der Waals surface area contributed by atoms with E-state index in [0.29, 0.717) is 10.7 Å². The van der Waals surface area contributed by atoms with Gasteiger partial charge in [-0.05, 0) is 24.3 Å². The van der Waals surface area contributed by atoms with Gasteiger partial charge in [-0.15, -0.1) is 10.2 Å². The number of hydrogen-bond acceptors (Lipinski definition) is 6. The Morgan fingerprint density at radius 3 is 2.61 bits per heavy atom. The fourth-order valence-electron chi connectivity index (χ4n) is 1.15. The first-order valence-corrected chi connectivity index (χ1v) is 5.20. The summed E-state index contributed by atoms with van der Waals surface area (Å²) in [5.74, 6) is -0.876. The number of hydrogen-bond donors (Lipinski definition) is 3. The number of halogens is 1. The molecule has 0 amide bonds. The van der Waals surface area contributed by atoms with E-state index in [9.17, 15) is 9.90 Å². The van der Waals surface area contributed by atoms with Crippen LogP contribution in [-0.2, 0) is 0 Å². The molecule has 1 heterocycles. The molecule has 0 unspecified atom stereocenters. The number of nitrogens with two attached hydrogens (primary N) is 1. The molecule has 2 rings (SSSR count). The van der Waals surface area contributed by atoms with Crippen LogP contribution in [0.3, 0.4) is 0 Å². The highest BCUT2D eigenvalue weighted by Crippen LogP contribution is 2.28. The molecule has 2 aromatic rings. The summed E-state index contributed by atoms with van der Waals surface area (Å²) in [5, 5.41) is 17.5. The highest BCUT2D eigenvalue weighted by Gasteiger charge is 2.07. The smallest absolute Gasteiger partial charge is 0.348 e. The molecule has 18 heavy (non-hydrogen) atoms. The Morgan fingerprint density at radius 2 is 1.94 bits per heavy atom. The van der Waals surface area contributed by atoms with E-state index in [1.807, 2.05) is 0 Å². The van der Waals surface area contributed by atoms with Crippen LogP contribution in [0.15, 0.2) is 39.3 Å². The number of azo groups is 1. The second-order valence-corrected chi connectivity index (χ2v) is 3.74. The predicted molar refractivity (Wildman–Crippen MR) is 66.6 cm³/mol. The van der Waals surface area contributed by atoms with Gasteiger partial charge in [-0.1, -0.05) is 11.6 Å². The number of rotatable bonds is 2. The quantitative estimate of drug-likeness (QED) is 0.721. The van der Waals surface area contributed by atoms with Gasteiger partial charge in [0.05, 0.1) is 5.69 Å². The lowest BCUT2D eigenvalue weighted by Crippen LogP contribution is -2.11. The molecule has 0 bridgehead atoms. The summed E-state index contributed by atoms with van der Waals surface area (Å²) in [6, 6.07) is 6.52. The minimum atomic E-state index is -0.713. The van der Waals surface area contributed by atoms with Gasteiger partial charge in [0.1, 0.15) is 0 Å². The van der Waals surface area contributed by atoms with E-state index in [2.05, 4.69) is 20.2 Å². The van der Waals surface area contributed by atoms with Gasteiger partial charge in [-0.3, -0.25) is 4.98 Å². The zero-order chi connectivity index (χ0) is 13.1. The lowest BCUT2D eigenvalue weighted by Gasteiger charge is -1.99. The molecule has 4 N–H and O–H groups in total. The van der Waals surface area contributed by atoms with Crippen LogP contribution < -0.4 is 11.4 Å². The summed E-state index contributed by atoms with van der Waals surface area (Å²) in [6.45, 7) is 0. The molecule has 0 aliphatic rings. The van der Waals surface area contributed by atoms with Crippen molar-refractivity contribution in [3.63, 3.8) is 0 Å². The molecule has 7 nitrogen and oxygen atoms in total. The predicted octanol–water partition coefficient (Wildman–Crippen LogP) is 2.13. The van der Waals surface area contributed by atoms with Gasteiger partial charge in [-0.25, -0.2) is 4.79 Å². The molecule has 0 saturated heterocycles. The summed E-state index contributed by atoms with van der Waals surface area (Å²) < 4.78 is 0. The van der Waals surface area contributed by atoms with Crippen LogP contribution in [0.5, 0.6) is 5.75 Å². The van der Waals surface area contributed by atoms with E-state index in [1.165, 1.54) is 0 Å². The van der Waals surface area contributed by atoms with Crippen LogP contribution in [0.4, 0.5) is 17.3 Å². The van der Waals surface area contributed by atoms with E-state index in [0.717, 1.165) is 0 Å². The maximum atomic E-state index is 11.0. The Labute approximate surface area is 106 Å². The van der Waals surface area contributed by atoms with Crippen LogP contribution >= 0.6 is 11.6 Å². The number of benzene rings is 1. The Bertz CT molecular complexity index is 650. The topological polar surface area (TPSA) is 117 Å². The van der Waals surface area contributed by atoms with E-state index in [1.54, 1.807) is 24.3 Å². The van der Waals surface area contributed by atoms with Crippen LogP contribution in [0, 0.1) is 0 Å². The summed E-state index contributed by atoms with van der Waals surface area (Å²) in [7, 11) is 0. The number of anilines is 1.